The lowest BCUT2D eigenvalue weighted by atomic mass is 10.5. The summed E-state index contributed by atoms with van der Waals surface area (Å²) >= 11 is 0. The van der Waals surface area contributed by atoms with Gasteiger partial charge in [0.25, 0.3) is 0 Å². The molecule has 6 heavy (non-hydrogen) atoms. The van der Waals surface area contributed by atoms with Crippen LogP contribution in [0.3, 0.4) is 0 Å². The zero-order chi connectivity index (χ0) is 4.83. The van der Waals surface area contributed by atoms with Crippen LogP contribution in [0.1, 0.15) is 6.92 Å². The van der Waals surface area contributed by atoms with Gasteiger partial charge in [0, 0.05) is 0 Å². The topological polar surface area (TPSA) is 0 Å². The molecule has 0 amide bonds. The Labute approximate surface area is 37.4 Å². The fraction of sp³-hybridized carbons (Fsp3) is 0.400. The van der Waals surface area contributed by atoms with Crippen LogP contribution < -0.4 is 0 Å². The maximum absolute atomic E-state index is 11.0. The highest BCUT2D eigenvalue weighted by Gasteiger charge is 1.68. The van der Waals surface area contributed by atoms with E-state index in [0.717, 1.165) is 0 Å². The third kappa shape index (κ3) is 3.49. The van der Waals surface area contributed by atoms with Gasteiger partial charge in [-0.3, -0.25) is 0 Å². The van der Waals surface area contributed by atoms with Gasteiger partial charge in [-0.15, -0.1) is 5.92 Å². The molecule has 1 radical (unpaired) electrons. The van der Waals surface area contributed by atoms with E-state index in [-0.39, 0.29) is 0 Å². The number of hydrogen-bond acceptors (Lipinski definition) is 0. The Morgan fingerprint density at radius 3 is 2.67 bits per heavy atom. The highest BCUT2D eigenvalue weighted by atomic mass is 19.1. The largest absolute Gasteiger partial charge is 0.250 e. The molecule has 0 heterocycles. The summed E-state index contributed by atoms with van der Waals surface area (Å²) in [6.07, 6.45) is 1.28. The number of rotatable bonds is 1. The average molecular weight is 85.1 g/mol. The first kappa shape index (κ1) is 5.49. The molecule has 0 aromatic carbocycles. The van der Waals surface area contributed by atoms with Crippen molar-refractivity contribution in [2.45, 2.75) is 6.92 Å². The second kappa shape index (κ2) is 4.49. The normalized spacial score (nSPS) is 6.33. The summed E-state index contributed by atoms with van der Waals surface area (Å²) in [5.41, 5.74) is 0. The smallest absolute Gasteiger partial charge is 0.104 e. The monoisotopic (exact) mass is 85.0 g/mol. The first-order valence-corrected chi connectivity index (χ1v) is 1.71. The quantitative estimate of drug-likeness (QED) is 0.419. The summed E-state index contributed by atoms with van der Waals surface area (Å²) in [6.45, 7) is 1.23. The number of alkyl halides is 1. The molecule has 0 unspecified atom stereocenters. The molecule has 0 rings (SSSR count). The van der Waals surface area contributed by atoms with E-state index in [0.29, 0.717) is 0 Å². The lowest BCUT2D eigenvalue weighted by Crippen LogP contribution is -1.67. The predicted octanol–water partition coefficient (Wildman–Crippen LogP) is 1.18. The van der Waals surface area contributed by atoms with E-state index in [1.165, 1.54) is 6.42 Å². The fourth-order valence-electron chi connectivity index (χ4n) is 0.141. The standard InChI is InChI=1S/C5H6F/c1-2-3-4-5-6/h4H,5H2,1H3. The second-order valence-corrected chi connectivity index (χ2v) is 0.753. The van der Waals surface area contributed by atoms with Crippen LogP contribution in [0.2, 0.25) is 0 Å². The summed E-state index contributed by atoms with van der Waals surface area (Å²) < 4.78 is 11.0. The SMILES string of the molecule is CC#C[CH]CF. The molecule has 0 fully saturated rings. The third-order valence-corrected chi connectivity index (χ3v) is 0.324. The Kier molecular flexibility index (Phi) is 4.11. The molecule has 0 aliphatic carbocycles. The highest BCUT2D eigenvalue weighted by Crippen LogP contribution is 1.70. The van der Waals surface area contributed by atoms with Crippen LogP contribution in [0.4, 0.5) is 4.39 Å². The molecule has 0 saturated heterocycles. The molecule has 0 spiro atoms. The summed E-state index contributed by atoms with van der Waals surface area (Å²) in [5, 5.41) is 0. The van der Waals surface area contributed by atoms with Crippen molar-refractivity contribution in [1.82, 2.24) is 0 Å². The number of halogens is 1. The van der Waals surface area contributed by atoms with E-state index in [2.05, 4.69) is 11.8 Å². The minimum Gasteiger partial charge on any atom is -0.250 e. The van der Waals surface area contributed by atoms with E-state index in [1.807, 2.05) is 0 Å². The van der Waals surface area contributed by atoms with E-state index < -0.39 is 6.67 Å². The van der Waals surface area contributed by atoms with Crippen LogP contribution >= 0.6 is 0 Å². The first-order chi connectivity index (χ1) is 2.91. The van der Waals surface area contributed by atoms with Crippen LogP contribution in [0, 0.1) is 18.3 Å². The molecule has 0 nitrogen and oxygen atoms in total. The molecule has 0 N–H and O–H groups in total. The van der Waals surface area contributed by atoms with Gasteiger partial charge in [-0.25, -0.2) is 4.39 Å². The average Bonchev–Trinajstić information content (AvgIpc) is 1.61. The summed E-state index contributed by atoms with van der Waals surface area (Å²) in [5.74, 6) is 4.97. The maximum atomic E-state index is 11.0. The molecule has 0 aromatic rings. The van der Waals surface area contributed by atoms with Gasteiger partial charge in [-0.05, 0) is 6.92 Å². The van der Waals surface area contributed by atoms with Crippen LogP contribution in [0.15, 0.2) is 0 Å². The Hall–Kier alpha value is -0.510. The predicted molar refractivity (Wildman–Crippen MR) is 23.7 cm³/mol. The van der Waals surface area contributed by atoms with Gasteiger partial charge in [0.15, 0.2) is 0 Å². The van der Waals surface area contributed by atoms with E-state index in [4.69, 9.17) is 0 Å². The molecule has 0 aliphatic rings. The van der Waals surface area contributed by atoms with Crippen molar-refractivity contribution < 1.29 is 4.39 Å². The third-order valence-electron chi connectivity index (χ3n) is 0.324. The summed E-state index contributed by atoms with van der Waals surface area (Å²) in [7, 11) is 0. The van der Waals surface area contributed by atoms with Gasteiger partial charge in [0.2, 0.25) is 0 Å². The van der Waals surface area contributed by atoms with Gasteiger partial charge in [-0.2, -0.15) is 0 Å². The van der Waals surface area contributed by atoms with Gasteiger partial charge in [-0.1, -0.05) is 5.92 Å². The van der Waals surface area contributed by atoms with E-state index in [1.54, 1.807) is 6.92 Å². The van der Waals surface area contributed by atoms with Crippen molar-refractivity contribution in [2.24, 2.45) is 0 Å². The molecule has 0 aromatic heterocycles. The molecule has 0 saturated carbocycles. The number of hydrogen-bond donors (Lipinski definition) is 0. The summed E-state index contributed by atoms with van der Waals surface area (Å²) in [4.78, 5) is 0. The van der Waals surface area contributed by atoms with Crippen LogP contribution in [0.5, 0.6) is 0 Å². The Bertz CT molecular complexity index is 65.7. The van der Waals surface area contributed by atoms with Crippen molar-refractivity contribution in [3.8, 4) is 11.8 Å². The van der Waals surface area contributed by atoms with E-state index >= 15 is 0 Å². The van der Waals surface area contributed by atoms with Crippen LogP contribution in [0.25, 0.3) is 0 Å². The molecule has 0 atom stereocenters. The molecular weight excluding hydrogens is 79.1 g/mol. The van der Waals surface area contributed by atoms with Crippen molar-refractivity contribution in [3.05, 3.63) is 6.42 Å². The van der Waals surface area contributed by atoms with Gasteiger partial charge in [0.1, 0.15) is 6.67 Å². The van der Waals surface area contributed by atoms with Gasteiger partial charge >= 0.3 is 0 Å². The highest BCUT2D eigenvalue weighted by molar-refractivity contribution is 5.06. The van der Waals surface area contributed by atoms with Crippen molar-refractivity contribution in [3.63, 3.8) is 0 Å². The molecule has 0 aliphatic heterocycles. The maximum Gasteiger partial charge on any atom is 0.104 e. The molecular formula is C5H6F. The zero-order valence-electron chi connectivity index (χ0n) is 3.66. The summed E-state index contributed by atoms with van der Waals surface area (Å²) in [6, 6.07) is 0. The minimum absolute atomic E-state index is 0.444. The van der Waals surface area contributed by atoms with Crippen molar-refractivity contribution in [2.75, 3.05) is 6.67 Å². The van der Waals surface area contributed by atoms with Crippen LogP contribution in [-0.4, -0.2) is 6.67 Å². The van der Waals surface area contributed by atoms with E-state index in [9.17, 15) is 4.39 Å². The Morgan fingerprint density at radius 1 is 1.83 bits per heavy atom. The van der Waals surface area contributed by atoms with Crippen molar-refractivity contribution in [1.29, 1.82) is 0 Å². The lowest BCUT2D eigenvalue weighted by molar-refractivity contribution is 0.548. The lowest BCUT2D eigenvalue weighted by Gasteiger charge is -1.67. The minimum atomic E-state index is -0.444. The molecule has 33 valence electrons. The first-order valence-electron chi connectivity index (χ1n) is 1.71. The molecule has 0 bridgehead atoms. The Morgan fingerprint density at radius 2 is 2.50 bits per heavy atom. The van der Waals surface area contributed by atoms with Crippen LogP contribution in [-0.2, 0) is 0 Å². The second-order valence-electron chi connectivity index (χ2n) is 0.753. The molecule has 1 heteroatoms. The zero-order valence-corrected chi connectivity index (χ0v) is 3.66. The van der Waals surface area contributed by atoms with Gasteiger partial charge in [0.05, 0.1) is 6.42 Å². The fourth-order valence-corrected chi connectivity index (χ4v) is 0.141. The van der Waals surface area contributed by atoms with Gasteiger partial charge < -0.3 is 0 Å². The van der Waals surface area contributed by atoms with Crippen molar-refractivity contribution >= 4 is 0 Å². The Balaban J connectivity index is 2.79.